The molecule has 134 valence electrons. The minimum Gasteiger partial charge on any atom is -0.496 e. The summed E-state index contributed by atoms with van der Waals surface area (Å²) >= 11 is 3.67. The molecule has 2 aromatic rings. The number of benzene rings is 2. The first-order chi connectivity index (χ1) is 11.8. The van der Waals surface area contributed by atoms with Crippen molar-refractivity contribution in [3.63, 3.8) is 0 Å². The van der Waals surface area contributed by atoms with Gasteiger partial charge >= 0.3 is 0 Å². The van der Waals surface area contributed by atoms with Crippen LogP contribution in [-0.4, -0.2) is 14.2 Å². The predicted octanol–water partition coefficient (Wildman–Crippen LogP) is 5.65. The highest BCUT2D eigenvalue weighted by Gasteiger charge is 2.21. The lowest BCUT2D eigenvalue weighted by atomic mass is 9.82. The Labute approximate surface area is 159 Å². The molecule has 3 rings (SSSR count). The Kier molecular flexibility index (Phi) is 5.15. The van der Waals surface area contributed by atoms with E-state index in [9.17, 15) is 0 Å². The molecule has 0 radical (unpaired) electrons. The van der Waals surface area contributed by atoms with Crippen LogP contribution in [0.15, 0.2) is 28.7 Å². The quantitative estimate of drug-likeness (QED) is 0.645. The fourth-order valence-corrected chi connectivity index (χ4v) is 4.35. The first-order valence-electron chi connectivity index (χ1n) is 8.89. The van der Waals surface area contributed by atoms with E-state index in [0.29, 0.717) is 0 Å². The van der Waals surface area contributed by atoms with Crippen molar-refractivity contribution in [3.8, 4) is 11.5 Å². The molecule has 1 aliphatic rings. The topological polar surface area (TPSA) is 18.5 Å². The second-order valence-corrected chi connectivity index (χ2v) is 8.70. The molecule has 0 unspecified atom stereocenters. The zero-order chi connectivity index (χ0) is 18.2. The molecule has 0 heterocycles. The molecule has 0 amide bonds. The lowest BCUT2D eigenvalue weighted by Crippen LogP contribution is -2.14. The van der Waals surface area contributed by atoms with Crippen molar-refractivity contribution < 1.29 is 9.47 Å². The van der Waals surface area contributed by atoms with E-state index < -0.39 is 0 Å². The number of methoxy groups -OCH3 is 2. The van der Waals surface area contributed by atoms with Gasteiger partial charge in [0.15, 0.2) is 0 Å². The summed E-state index contributed by atoms with van der Waals surface area (Å²) in [6.07, 6.45) is 3.88. The van der Waals surface area contributed by atoms with Crippen LogP contribution in [0, 0.1) is 0 Å². The maximum atomic E-state index is 5.82. The van der Waals surface area contributed by atoms with Crippen LogP contribution in [0.2, 0.25) is 0 Å². The van der Waals surface area contributed by atoms with Crippen LogP contribution in [0.25, 0.3) is 0 Å². The maximum absolute atomic E-state index is 5.82. The summed E-state index contributed by atoms with van der Waals surface area (Å²) in [5.41, 5.74) is 6.74. The van der Waals surface area contributed by atoms with Gasteiger partial charge in [0.05, 0.1) is 18.7 Å². The summed E-state index contributed by atoms with van der Waals surface area (Å²) in [4.78, 5) is 0. The molecule has 25 heavy (non-hydrogen) atoms. The predicted molar refractivity (Wildman–Crippen MR) is 107 cm³/mol. The summed E-state index contributed by atoms with van der Waals surface area (Å²) < 4.78 is 12.5. The van der Waals surface area contributed by atoms with Crippen LogP contribution in [0.5, 0.6) is 11.5 Å². The van der Waals surface area contributed by atoms with E-state index in [1.807, 2.05) is 0 Å². The van der Waals surface area contributed by atoms with E-state index in [-0.39, 0.29) is 5.41 Å². The molecule has 0 fully saturated rings. The molecular weight excluding hydrogens is 376 g/mol. The molecule has 0 aliphatic heterocycles. The molecule has 3 heteroatoms. The summed E-state index contributed by atoms with van der Waals surface area (Å²) in [5, 5.41) is 0. The number of fused-ring (bicyclic) bond motifs is 4. The standard InChI is InChI=1S/C22H27BrO2/c1-22(2,3)18-12-16-7-6-14-10-15(21(25-5)19(23)11-14)8-9-17(13-18)20(16)24-4/h10-13H,6-9H2,1-5H3. The van der Waals surface area contributed by atoms with E-state index in [2.05, 4.69) is 61.0 Å². The van der Waals surface area contributed by atoms with Crippen LogP contribution >= 0.6 is 15.9 Å². The Bertz CT molecular complexity index is 788. The molecule has 0 aromatic heterocycles. The maximum Gasteiger partial charge on any atom is 0.136 e. The van der Waals surface area contributed by atoms with Crippen LogP contribution in [0.3, 0.4) is 0 Å². The molecule has 1 aliphatic carbocycles. The van der Waals surface area contributed by atoms with Crippen LogP contribution < -0.4 is 9.47 Å². The Balaban J connectivity index is 2.11. The van der Waals surface area contributed by atoms with Gasteiger partial charge in [-0.1, -0.05) is 39.0 Å². The number of hydrogen-bond donors (Lipinski definition) is 0. The number of rotatable bonds is 2. The highest BCUT2D eigenvalue weighted by molar-refractivity contribution is 9.10. The van der Waals surface area contributed by atoms with Crippen molar-refractivity contribution in [2.75, 3.05) is 14.2 Å². The van der Waals surface area contributed by atoms with Crippen LogP contribution in [-0.2, 0) is 31.1 Å². The second-order valence-electron chi connectivity index (χ2n) is 7.85. The highest BCUT2D eigenvalue weighted by Crippen LogP contribution is 2.37. The van der Waals surface area contributed by atoms with E-state index >= 15 is 0 Å². The van der Waals surface area contributed by atoms with Crippen LogP contribution in [0.1, 0.15) is 48.6 Å². The van der Waals surface area contributed by atoms with Gasteiger partial charge in [-0.15, -0.1) is 0 Å². The van der Waals surface area contributed by atoms with E-state index in [1.165, 1.54) is 27.8 Å². The molecule has 0 saturated carbocycles. The van der Waals surface area contributed by atoms with Crippen molar-refractivity contribution in [3.05, 3.63) is 56.6 Å². The number of halogens is 1. The van der Waals surface area contributed by atoms with Crippen molar-refractivity contribution >= 4 is 15.9 Å². The van der Waals surface area contributed by atoms with E-state index in [0.717, 1.165) is 41.7 Å². The number of aryl methyl sites for hydroxylation is 4. The smallest absolute Gasteiger partial charge is 0.136 e. The Hall–Kier alpha value is -1.48. The number of hydrogen-bond acceptors (Lipinski definition) is 2. The monoisotopic (exact) mass is 402 g/mol. The molecule has 4 bridgehead atoms. The van der Waals surface area contributed by atoms with Crippen molar-refractivity contribution in [1.29, 1.82) is 0 Å². The summed E-state index contributed by atoms with van der Waals surface area (Å²) in [5.74, 6) is 2.02. The summed E-state index contributed by atoms with van der Waals surface area (Å²) in [7, 11) is 3.54. The van der Waals surface area contributed by atoms with Crippen LogP contribution in [0.4, 0.5) is 0 Å². The molecule has 2 aromatic carbocycles. The second kappa shape index (κ2) is 7.03. The van der Waals surface area contributed by atoms with Crippen molar-refractivity contribution in [2.45, 2.75) is 51.9 Å². The molecule has 2 nitrogen and oxygen atoms in total. The fraction of sp³-hybridized carbons (Fsp3) is 0.455. The van der Waals surface area contributed by atoms with Gasteiger partial charge in [-0.3, -0.25) is 0 Å². The normalized spacial score (nSPS) is 14.2. The zero-order valence-corrected chi connectivity index (χ0v) is 17.4. The van der Waals surface area contributed by atoms with Gasteiger partial charge < -0.3 is 9.47 Å². The Morgan fingerprint density at radius 3 is 1.80 bits per heavy atom. The summed E-state index contributed by atoms with van der Waals surface area (Å²) in [6, 6.07) is 9.15. The lowest BCUT2D eigenvalue weighted by molar-refractivity contribution is 0.400. The molecule has 0 N–H and O–H groups in total. The molecule has 0 spiro atoms. The molecule has 0 atom stereocenters. The first-order valence-corrected chi connectivity index (χ1v) is 9.68. The lowest BCUT2D eigenvalue weighted by Gasteiger charge is -2.25. The summed E-state index contributed by atoms with van der Waals surface area (Å²) in [6.45, 7) is 6.82. The minimum atomic E-state index is 0.134. The minimum absolute atomic E-state index is 0.134. The average Bonchev–Trinajstić information content (AvgIpc) is 2.55. The van der Waals surface area contributed by atoms with E-state index in [1.54, 1.807) is 14.2 Å². The molecular formula is C22H27BrO2. The highest BCUT2D eigenvalue weighted by atomic mass is 79.9. The van der Waals surface area contributed by atoms with Gasteiger partial charge in [-0.05, 0) is 80.9 Å². The Morgan fingerprint density at radius 1 is 0.760 bits per heavy atom. The van der Waals surface area contributed by atoms with Crippen molar-refractivity contribution in [2.24, 2.45) is 0 Å². The third-order valence-corrected chi connectivity index (χ3v) is 5.63. The Morgan fingerprint density at radius 2 is 1.28 bits per heavy atom. The van der Waals surface area contributed by atoms with Gasteiger partial charge in [0.1, 0.15) is 11.5 Å². The largest absolute Gasteiger partial charge is 0.496 e. The third-order valence-electron chi connectivity index (χ3n) is 5.04. The van der Waals surface area contributed by atoms with Crippen molar-refractivity contribution in [1.82, 2.24) is 0 Å². The van der Waals surface area contributed by atoms with Gasteiger partial charge in [0, 0.05) is 0 Å². The fourth-order valence-electron chi connectivity index (χ4n) is 3.64. The third kappa shape index (κ3) is 3.72. The molecule has 0 saturated heterocycles. The SMILES string of the molecule is COc1c(Br)cc2cc1CCc1cc(C(C)(C)C)cc(c1OC)CC2. The van der Waals surface area contributed by atoms with Gasteiger partial charge in [-0.25, -0.2) is 0 Å². The van der Waals surface area contributed by atoms with Gasteiger partial charge in [0.25, 0.3) is 0 Å². The van der Waals surface area contributed by atoms with Gasteiger partial charge in [0.2, 0.25) is 0 Å². The number of ether oxygens (including phenoxy) is 2. The zero-order valence-electron chi connectivity index (χ0n) is 15.8. The van der Waals surface area contributed by atoms with Gasteiger partial charge in [-0.2, -0.15) is 0 Å². The first kappa shape index (κ1) is 18.3. The average molecular weight is 403 g/mol. The van der Waals surface area contributed by atoms with E-state index in [4.69, 9.17) is 9.47 Å².